The first-order valence-electron chi connectivity index (χ1n) is 5.87. The molecule has 0 aliphatic heterocycles. The van der Waals surface area contributed by atoms with Crippen LogP contribution in [0, 0.1) is 5.92 Å². The van der Waals surface area contributed by atoms with E-state index in [0.29, 0.717) is 0 Å². The van der Waals surface area contributed by atoms with E-state index in [9.17, 15) is 0 Å². The quantitative estimate of drug-likeness (QED) is 0.626. The van der Waals surface area contributed by atoms with Crippen LogP contribution in [0.25, 0.3) is 0 Å². The molecule has 0 saturated carbocycles. The molecular formula is C13H23Cl2Ti. The van der Waals surface area contributed by atoms with Crippen LogP contribution in [-0.4, -0.2) is 0 Å². The summed E-state index contributed by atoms with van der Waals surface area (Å²) >= 11 is 2.34. The van der Waals surface area contributed by atoms with Crippen LogP contribution in [0.2, 0.25) is 0 Å². The molecule has 16 heavy (non-hydrogen) atoms. The maximum Gasteiger partial charge on any atom is -0.147 e. The predicted octanol–water partition coefficient (Wildman–Crippen LogP) is 5.20. The Hall–Kier alpha value is 0.774. The van der Waals surface area contributed by atoms with Gasteiger partial charge in [-0.2, -0.15) is 0 Å². The van der Waals surface area contributed by atoms with Gasteiger partial charge in [0.25, 0.3) is 0 Å². The predicted molar refractivity (Wildman–Crippen MR) is 73.2 cm³/mol. The van der Waals surface area contributed by atoms with Crippen LogP contribution in [0.5, 0.6) is 0 Å². The summed E-state index contributed by atoms with van der Waals surface area (Å²) in [5.41, 5.74) is 5.07. The van der Waals surface area contributed by atoms with Gasteiger partial charge in [-0.15, -0.1) is 24.8 Å². The zero-order valence-corrected chi connectivity index (χ0v) is 13.9. The average Bonchev–Trinajstić information content (AvgIpc) is 2.48. The summed E-state index contributed by atoms with van der Waals surface area (Å²) in [7, 11) is 0. The Labute approximate surface area is 125 Å². The molecule has 0 aromatic heterocycles. The summed E-state index contributed by atoms with van der Waals surface area (Å²) in [6.07, 6.45) is 4.96. The molecule has 1 aliphatic rings. The third-order valence-electron chi connectivity index (χ3n) is 3.34. The van der Waals surface area contributed by atoms with Gasteiger partial charge in [0.05, 0.1) is 0 Å². The molecule has 3 heteroatoms. The topological polar surface area (TPSA) is 0 Å². The molecule has 0 amide bonds. The molecular weight excluding hydrogens is 275 g/mol. The van der Waals surface area contributed by atoms with Crippen molar-refractivity contribution in [1.29, 1.82) is 0 Å². The van der Waals surface area contributed by atoms with Gasteiger partial charge in [-0.25, -0.2) is 0 Å². The fourth-order valence-electron chi connectivity index (χ4n) is 2.71. The Morgan fingerprint density at radius 1 is 0.875 bits per heavy atom. The minimum Gasteiger partial charge on any atom is -0.147 e. The number of allylic oxidation sites excluding steroid dienone is 4. The average molecular weight is 298 g/mol. The first kappa shape index (κ1) is 19.1. The molecule has 0 nitrogen and oxygen atoms in total. The van der Waals surface area contributed by atoms with Gasteiger partial charge in [-0.3, -0.25) is 0 Å². The Morgan fingerprint density at radius 2 is 1.38 bits per heavy atom. The van der Waals surface area contributed by atoms with Crippen LogP contribution in [0.4, 0.5) is 0 Å². The minimum absolute atomic E-state index is 0. The van der Waals surface area contributed by atoms with Gasteiger partial charge >= 0.3 is 100 Å². The van der Waals surface area contributed by atoms with Crippen LogP contribution in [0.3, 0.4) is 0 Å². The van der Waals surface area contributed by atoms with Crippen molar-refractivity contribution in [2.45, 2.75) is 53.4 Å². The van der Waals surface area contributed by atoms with E-state index in [0.717, 1.165) is 5.92 Å². The fraction of sp³-hybridized carbons (Fsp3) is 0.692. The molecule has 0 aromatic carbocycles. The fourth-order valence-corrected chi connectivity index (χ4v) is 3.81. The second-order valence-electron chi connectivity index (χ2n) is 3.92. The standard InChI is InChI=1S/C13H21.2ClH.Ti/c1-5-10-9-11(6-2)13(8-4)12(10)7-3;;;/h10H,5-8H2,1-4H3;2*1H;. The molecule has 93 valence electrons. The van der Waals surface area contributed by atoms with Crippen LogP contribution >= 0.6 is 24.8 Å². The SMILES string of the molecule is CCC1=[C]([Ti])C(CC)C(CC)=C1CC.Cl.Cl. The second-order valence-corrected chi connectivity index (χ2v) is 4.76. The van der Waals surface area contributed by atoms with Gasteiger partial charge in [-0.05, 0) is 0 Å². The molecule has 0 aromatic rings. The van der Waals surface area contributed by atoms with E-state index in [1.807, 2.05) is 0 Å². The van der Waals surface area contributed by atoms with Crippen molar-refractivity contribution in [2.24, 2.45) is 5.92 Å². The largest absolute Gasteiger partial charge is 0.147 e. The van der Waals surface area contributed by atoms with Crippen molar-refractivity contribution in [3.63, 3.8) is 0 Å². The van der Waals surface area contributed by atoms with E-state index in [-0.39, 0.29) is 24.8 Å². The summed E-state index contributed by atoms with van der Waals surface area (Å²) < 4.78 is 1.66. The number of halogens is 2. The van der Waals surface area contributed by atoms with Crippen LogP contribution in [0.15, 0.2) is 20.6 Å². The first-order valence-corrected chi connectivity index (χ1v) is 6.66. The monoisotopic (exact) mass is 297 g/mol. The molecule has 1 atom stereocenters. The summed E-state index contributed by atoms with van der Waals surface area (Å²) in [6.45, 7) is 9.21. The van der Waals surface area contributed by atoms with Gasteiger partial charge in [-0.1, -0.05) is 0 Å². The Kier molecular flexibility index (Phi) is 10.5. The van der Waals surface area contributed by atoms with Gasteiger partial charge in [0.15, 0.2) is 0 Å². The first-order chi connectivity index (χ1) is 6.71. The van der Waals surface area contributed by atoms with Gasteiger partial charge in [0.1, 0.15) is 0 Å². The van der Waals surface area contributed by atoms with E-state index in [2.05, 4.69) is 48.1 Å². The molecule has 1 rings (SSSR count). The van der Waals surface area contributed by atoms with E-state index in [4.69, 9.17) is 0 Å². The smallest absolute Gasteiger partial charge is 0.147 e. The van der Waals surface area contributed by atoms with Crippen LogP contribution in [0.1, 0.15) is 53.4 Å². The maximum absolute atomic E-state index is 2.34. The molecule has 1 aliphatic carbocycles. The van der Waals surface area contributed by atoms with Crippen molar-refractivity contribution < 1.29 is 20.4 Å². The molecule has 1 unspecified atom stereocenters. The molecule has 0 bridgehead atoms. The van der Waals surface area contributed by atoms with Crippen molar-refractivity contribution in [3.05, 3.63) is 20.6 Å². The normalized spacial score (nSPS) is 19.6. The Bertz CT molecular complexity index is 280. The van der Waals surface area contributed by atoms with E-state index >= 15 is 0 Å². The molecule has 0 saturated heterocycles. The van der Waals surface area contributed by atoms with Gasteiger partial charge < -0.3 is 0 Å². The van der Waals surface area contributed by atoms with E-state index in [1.54, 1.807) is 20.6 Å². The van der Waals surface area contributed by atoms with Gasteiger partial charge in [0.2, 0.25) is 0 Å². The van der Waals surface area contributed by atoms with Crippen molar-refractivity contribution in [3.8, 4) is 0 Å². The number of hydrogen-bond acceptors (Lipinski definition) is 0. The molecule has 0 N–H and O–H groups in total. The van der Waals surface area contributed by atoms with Gasteiger partial charge in [0, 0.05) is 0 Å². The van der Waals surface area contributed by atoms with Crippen molar-refractivity contribution in [2.75, 3.05) is 0 Å². The summed E-state index contributed by atoms with van der Waals surface area (Å²) in [5.74, 6) is 0.768. The zero-order chi connectivity index (χ0) is 10.7. The number of rotatable bonds is 4. The Balaban J connectivity index is 0. The minimum atomic E-state index is 0. The zero-order valence-electron chi connectivity index (χ0n) is 10.7. The molecule has 0 radical (unpaired) electrons. The third-order valence-corrected chi connectivity index (χ3v) is 4.36. The maximum atomic E-state index is 2.34. The summed E-state index contributed by atoms with van der Waals surface area (Å²) in [6, 6.07) is 0. The molecule has 0 fully saturated rings. The summed E-state index contributed by atoms with van der Waals surface area (Å²) in [4.78, 5) is 0. The Morgan fingerprint density at radius 3 is 1.69 bits per heavy atom. The molecule has 0 heterocycles. The van der Waals surface area contributed by atoms with Crippen molar-refractivity contribution >= 4 is 24.8 Å². The second kappa shape index (κ2) is 8.81. The number of hydrogen-bond donors (Lipinski definition) is 0. The van der Waals surface area contributed by atoms with Crippen LogP contribution in [-0.2, 0) is 20.4 Å². The van der Waals surface area contributed by atoms with E-state index in [1.165, 1.54) is 25.7 Å². The van der Waals surface area contributed by atoms with Crippen LogP contribution < -0.4 is 0 Å². The summed E-state index contributed by atoms with van der Waals surface area (Å²) in [5, 5.41) is 0. The third kappa shape index (κ3) is 3.39. The van der Waals surface area contributed by atoms with Crippen molar-refractivity contribution in [1.82, 2.24) is 0 Å². The van der Waals surface area contributed by atoms with E-state index < -0.39 is 0 Å². The molecule has 0 spiro atoms.